The molecule has 1 amide bonds. The summed E-state index contributed by atoms with van der Waals surface area (Å²) in [5.41, 5.74) is 4.60. The van der Waals surface area contributed by atoms with Gasteiger partial charge in [-0.15, -0.1) is 0 Å². The molecule has 0 aromatic heterocycles. The lowest BCUT2D eigenvalue weighted by Gasteiger charge is -2.41. The van der Waals surface area contributed by atoms with Crippen molar-refractivity contribution in [3.8, 4) is 0 Å². The Morgan fingerprint density at radius 2 is 1.92 bits per heavy atom. The third kappa shape index (κ3) is 2.84. The molecule has 1 unspecified atom stereocenters. The number of allylic oxidation sites excluding steroid dienone is 1. The SMILES string of the molecule is Cc1ccc(C(=O)/C=C2\NCC3c4ccccc4CCN3C2=O)cc1. The number of amides is 1. The highest BCUT2D eigenvalue weighted by Gasteiger charge is 2.36. The molecule has 1 fully saturated rings. The smallest absolute Gasteiger partial charge is 0.270 e. The highest BCUT2D eigenvalue weighted by molar-refractivity contribution is 6.09. The van der Waals surface area contributed by atoms with Crippen LogP contribution in [0.5, 0.6) is 0 Å². The van der Waals surface area contributed by atoms with Gasteiger partial charge in [0.2, 0.25) is 0 Å². The summed E-state index contributed by atoms with van der Waals surface area (Å²) in [5.74, 6) is -0.238. The van der Waals surface area contributed by atoms with Crippen LogP contribution in [0.2, 0.25) is 0 Å². The van der Waals surface area contributed by atoms with Gasteiger partial charge >= 0.3 is 0 Å². The van der Waals surface area contributed by atoms with Crippen LogP contribution >= 0.6 is 0 Å². The second-order valence-corrected chi connectivity index (χ2v) is 6.63. The maximum absolute atomic E-state index is 12.8. The van der Waals surface area contributed by atoms with E-state index in [1.165, 1.54) is 17.2 Å². The van der Waals surface area contributed by atoms with Gasteiger partial charge in [-0.25, -0.2) is 0 Å². The molecule has 4 rings (SSSR count). The van der Waals surface area contributed by atoms with Crippen LogP contribution in [0, 0.1) is 6.92 Å². The van der Waals surface area contributed by atoms with E-state index in [0.717, 1.165) is 12.0 Å². The van der Waals surface area contributed by atoms with Crippen molar-refractivity contribution in [1.29, 1.82) is 0 Å². The van der Waals surface area contributed by atoms with E-state index in [9.17, 15) is 9.59 Å². The number of fused-ring (bicyclic) bond motifs is 3. The van der Waals surface area contributed by atoms with E-state index in [0.29, 0.717) is 24.4 Å². The average Bonchev–Trinajstić information content (AvgIpc) is 2.64. The van der Waals surface area contributed by atoms with Crippen molar-refractivity contribution in [2.24, 2.45) is 0 Å². The molecule has 0 radical (unpaired) electrons. The summed E-state index contributed by atoms with van der Waals surface area (Å²) >= 11 is 0. The second-order valence-electron chi connectivity index (χ2n) is 6.63. The van der Waals surface area contributed by atoms with Crippen LogP contribution in [0.1, 0.15) is 33.1 Å². The topological polar surface area (TPSA) is 49.4 Å². The molecule has 2 aromatic carbocycles. The third-order valence-electron chi connectivity index (χ3n) is 5.00. The molecule has 0 aliphatic carbocycles. The maximum atomic E-state index is 12.8. The second kappa shape index (κ2) is 6.20. The van der Waals surface area contributed by atoms with Crippen LogP contribution < -0.4 is 5.32 Å². The molecule has 4 heteroatoms. The van der Waals surface area contributed by atoms with Crippen LogP contribution in [-0.2, 0) is 11.2 Å². The normalized spacial score (nSPS) is 20.7. The molecule has 1 N–H and O–H groups in total. The lowest BCUT2D eigenvalue weighted by molar-refractivity contribution is -0.132. The fourth-order valence-corrected chi connectivity index (χ4v) is 3.60. The number of aryl methyl sites for hydroxylation is 1. The number of rotatable bonds is 2. The van der Waals surface area contributed by atoms with Gasteiger partial charge in [0.15, 0.2) is 5.78 Å². The summed E-state index contributed by atoms with van der Waals surface area (Å²) in [6.45, 7) is 3.31. The minimum atomic E-state index is -0.147. The monoisotopic (exact) mass is 332 g/mol. The Kier molecular flexibility index (Phi) is 3.88. The quantitative estimate of drug-likeness (QED) is 0.680. The van der Waals surface area contributed by atoms with E-state index < -0.39 is 0 Å². The van der Waals surface area contributed by atoms with Crippen molar-refractivity contribution < 1.29 is 9.59 Å². The average molecular weight is 332 g/mol. The first-order chi connectivity index (χ1) is 12.1. The number of piperazine rings is 1. The first-order valence-corrected chi connectivity index (χ1v) is 8.59. The number of carbonyl (C=O) groups excluding carboxylic acids is 2. The molecular weight excluding hydrogens is 312 g/mol. The van der Waals surface area contributed by atoms with Gasteiger partial charge in [0.25, 0.3) is 5.91 Å². The zero-order chi connectivity index (χ0) is 17.4. The summed E-state index contributed by atoms with van der Waals surface area (Å²) in [7, 11) is 0. The number of hydrogen-bond acceptors (Lipinski definition) is 3. The zero-order valence-electron chi connectivity index (χ0n) is 14.2. The van der Waals surface area contributed by atoms with Crippen molar-refractivity contribution in [2.75, 3.05) is 13.1 Å². The molecule has 2 aliphatic rings. The molecular formula is C21H20N2O2. The highest BCUT2D eigenvalue weighted by Crippen LogP contribution is 2.32. The van der Waals surface area contributed by atoms with Crippen molar-refractivity contribution >= 4 is 11.7 Å². The summed E-state index contributed by atoms with van der Waals surface area (Å²) in [6, 6.07) is 15.7. The van der Waals surface area contributed by atoms with Crippen molar-refractivity contribution in [3.05, 3.63) is 82.6 Å². The number of carbonyl (C=O) groups is 2. The Balaban J connectivity index is 1.58. The summed E-state index contributed by atoms with van der Waals surface area (Å²) < 4.78 is 0. The van der Waals surface area contributed by atoms with Crippen LogP contribution in [0.4, 0.5) is 0 Å². The number of ketones is 1. The molecule has 25 heavy (non-hydrogen) atoms. The van der Waals surface area contributed by atoms with E-state index in [4.69, 9.17) is 0 Å². The fraction of sp³-hybridized carbons (Fsp3) is 0.238. The van der Waals surface area contributed by atoms with E-state index >= 15 is 0 Å². The molecule has 0 saturated carbocycles. The maximum Gasteiger partial charge on any atom is 0.270 e. The van der Waals surface area contributed by atoms with Crippen LogP contribution in [0.25, 0.3) is 0 Å². The fourth-order valence-electron chi connectivity index (χ4n) is 3.60. The number of nitrogens with one attached hydrogen (secondary N) is 1. The third-order valence-corrected chi connectivity index (χ3v) is 5.00. The standard InChI is InChI=1S/C21H20N2O2/c1-14-6-8-16(9-7-14)20(24)12-18-21(25)23-11-10-15-4-2-3-5-17(15)19(23)13-22-18/h2-9,12,19,22H,10-11,13H2,1H3/b18-12-. The van der Waals surface area contributed by atoms with E-state index in [2.05, 4.69) is 17.4 Å². The van der Waals surface area contributed by atoms with Gasteiger partial charge < -0.3 is 10.2 Å². The summed E-state index contributed by atoms with van der Waals surface area (Å²) in [5, 5.41) is 3.17. The number of hydrogen-bond donors (Lipinski definition) is 1. The lowest BCUT2D eigenvalue weighted by Crippen LogP contribution is -2.51. The Morgan fingerprint density at radius 1 is 1.16 bits per heavy atom. The number of benzene rings is 2. The van der Waals surface area contributed by atoms with Crippen molar-refractivity contribution in [3.63, 3.8) is 0 Å². The molecule has 4 nitrogen and oxygen atoms in total. The summed E-state index contributed by atoms with van der Waals surface area (Å²) in [4.78, 5) is 27.2. The van der Waals surface area contributed by atoms with Crippen molar-refractivity contribution in [2.45, 2.75) is 19.4 Å². The number of nitrogens with zero attached hydrogens (tertiary/aromatic N) is 1. The van der Waals surface area contributed by atoms with Crippen molar-refractivity contribution in [1.82, 2.24) is 10.2 Å². The molecule has 0 bridgehead atoms. The van der Waals surface area contributed by atoms with E-state index in [-0.39, 0.29) is 17.7 Å². The molecule has 126 valence electrons. The van der Waals surface area contributed by atoms with Gasteiger partial charge in [0.05, 0.1) is 6.04 Å². The highest BCUT2D eigenvalue weighted by atomic mass is 16.2. The molecule has 1 saturated heterocycles. The minimum Gasteiger partial charge on any atom is -0.378 e. The Labute approximate surface area is 147 Å². The first kappa shape index (κ1) is 15.6. The van der Waals surface area contributed by atoms with E-state index in [1.807, 2.05) is 36.1 Å². The van der Waals surface area contributed by atoms with Crippen LogP contribution in [0.15, 0.2) is 60.3 Å². The van der Waals surface area contributed by atoms with Gasteiger partial charge in [0, 0.05) is 24.7 Å². The lowest BCUT2D eigenvalue weighted by atomic mass is 9.90. The molecule has 2 heterocycles. The Bertz CT molecular complexity index is 868. The van der Waals surface area contributed by atoms with Gasteiger partial charge in [-0.3, -0.25) is 9.59 Å². The first-order valence-electron chi connectivity index (χ1n) is 8.59. The molecule has 2 aliphatic heterocycles. The van der Waals surface area contributed by atoms with E-state index in [1.54, 1.807) is 12.1 Å². The Hall–Kier alpha value is -2.88. The summed E-state index contributed by atoms with van der Waals surface area (Å²) in [6.07, 6.45) is 2.29. The largest absolute Gasteiger partial charge is 0.378 e. The minimum absolute atomic E-state index is 0.0454. The molecule has 0 spiro atoms. The van der Waals surface area contributed by atoms with Gasteiger partial charge in [-0.1, -0.05) is 54.1 Å². The zero-order valence-corrected chi connectivity index (χ0v) is 14.2. The van der Waals surface area contributed by atoms with Gasteiger partial charge in [-0.05, 0) is 24.5 Å². The molecule has 2 aromatic rings. The van der Waals surface area contributed by atoms with Crippen LogP contribution in [-0.4, -0.2) is 29.7 Å². The van der Waals surface area contributed by atoms with Gasteiger partial charge in [0.1, 0.15) is 5.70 Å². The molecule has 1 atom stereocenters. The predicted octanol–water partition coefficient (Wildman–Crippen LogP) is 2.79. The van der Waals surface area contributed by atoms with Gasteiger partial charge in [-0.2, -0.15) is 0 Å². The Morgan fingerprint density at radius 3 is 2.72 bits per heavy atom. The van der Waals surface area contributed by atoms with Crippen LogP contribution in [0.3, 0.4) is 0 Å². The predicted molar refractivity (Wildman–Crippen MR) is 96.2 cm³/mol.